The first-order valence-corrected chi connectivity index (χ1v) is 17.4. The Hall–Kier alpha value is -2.77. The van der Waals surface area contributed by atoms with Gasteiger partial charge < -0.3 is 4.74 Å². The Morgan fingerprint density at radius 2 is 1.68 bits per heavy atom. The van der Waals surface area contributed by atoms with Crippen LogP contribution in [0.2, 0.25) is 0 Å². The van der Waals surface area contributed by atoms with Crippen LogP contribution >= 0.6 is 0 Å². The van der Waals surface area contributed by atoms with Gasteiger partial charge in [-0.15, -0.1) is 0 Å². The molecule has 240 valence electrons. The maximum Gasteiger partial charge on any atom is 0.416 e. The summed E-state index contributed by atoms with van der Waals surface area (Å²) in [5.41, 5.74) is -0.336. The van der Waals surface area contributed by atoms with E-state index in [1.165, 1.54) is 11.4 Å². The Morgan fingerprint density at radius 1 is 1.02 bits per heavy atom. The van der Waals surface area contributed by atoms with E-state index in [1.807, 2.05) is 0 Å². The SMILES string of the molecule is CC[C@H]1C[C@@H]2C[C@](C3CC(F)=CC=C3F)(S(=O)(=O)c3ccc(C(F)(F)F)cc3)CC[C@@H]2N(Cc2ccc(OC)cc2)S1(=O)=O. The van der Waals surface area contributed by atoms with Crippen molar-refractivity contribution in [2.75, 3.05) is 7.11 Å². The van der Waals surface area contributed by atoms with Crippen LogP contribution in [0.25, 0.3) is 0 Å². The van der Waals surface area contributed by atoms with Crippen molar-refractivity contribution in [2.45, 2.75) is 79.1 Å². The summed E-state index contributed by atoms with van der Waals surface area (Å²) in [5.74, 6) is -2.89. The molecule has 1 heterocycles. The lowest BCUT2D eigenvalue weighted by molar-refractivity contribution is -0.137. The van der Waals surface area contributed by atoms with Gasteiger partial charge in [0.2, 0.25) is 10.0 Å². The van der Waals surface area contributed by atoms with Crippen molar-refractivity contribution < 1.29 is 43.5 Å². The fraction of sp³-hybridized carbons (Fsp3) is 0.484. The zero-order valence-electron chi connectivity index (χ0n) is 24.2. The van der Waals surface area contributed by atoms with Crippen LogP contribution in [-0.4, -0.2) is 44.3 Å². The highest BCUT2D eigenvalue weighted by atomic mass is 32.2. The molecule has 0 N–H and O–H groups in total. The fourth-order valence-corrected chi connectivity index (χ4v) is 11.8. The number of hydrogen-bond acceptors (Lipinski definition) is 5. The van der Waals surface area contributed by atoms with Crippen LogP contribution in [0.5, 0.6) is 5.75 Å². The van der Waals surface area contributed by atoms with Crippen LogP contribution in [0.15, 0.2) is 77.2 Å². The van der Waals surface area contributed by atoms with Gasteiger partial charge in [-0.05, 0) is 92.1 Å². The molecule has 0 radical (unpaired) electrons. The lowest BCUT2D eigenvalue weighted by Gasteiger charge is -2.53. The number of nitrogens with zero attached hydrogens (tertiary/aromatic N) is 1. The number of methoxy groups -OCH3 is 1. The quantitative estimate of drug-likeness (QED) is 0.296. The summed E-state index contributed by atoms with van der Waals surface area (Å²) < 4.78 is 131. The summed E-state index contributed by atoms with van der Waals surface area (Å²) in [6, 6.07) is 9.37. The summed E-state index contributed by atoms with van der Waals surface area (Å²) in [7, 11) is -6.84. The number of sulfone groups is 1. The van der Waals surface area contributed by atoms with Crippen molar-refractivity contribution in [1.82, 2.24) is 4.31 Å². The Morgan fingerprint density at radius 3 is 2.27 bits per heavy atom. The minimum absolute atomic E-state index is 0.0394. The first-order chi connectivity index (χ1) is 20.6. The van der Waals surface area contributed by atoms with Gasteiger partial charge in [-0.1, -0.05) is 19.1 Å². The number of rotatable bonds is 7. The molecule has 13 heteroatoms. The second kappa shape index (κ2) is 11.9. The van der Waals surface area contributed by atoms with Crippen molar-refractivity contribution in [1.29, 1.82) is 0 Å². The van der Waals surface area contributed by atoms with Crippen LogP contribution in [0.4, 0.5) is 22.0 Å². The summed E-state index contributed by atoms with van der Waals surface area (Å²) in [5, 5.41) is -0.824. The summed E-state index contributed by atoms with van der Waals surface area (Å²) in [4.78, 5) is -0.419. The maximum atomic E-state index is 15.6. The van der Waals surface area contributed by atoms with Gasteiger partial charge in [0, 0.05) is 24.9 Å². The molecule has 2 fully saturated rings. The summed E-state index contributed by atoms with van der Waals surface area (Å²) >= 11 is 0. The van der Waals surface area contributed by atoms with Crippen LogP contribution in [0.1, 0.15) is 56.6 Å². The van der Waals surface area contributed by atoms with Gasteiger partial charge >= 0.3 is 6.18 Å². The number of alkyl halides is 3. The van der Waals surface area contributed by atoms with Gasteiger partial charge in [-0.3, -0.25) is 0 Å². The highest BCUT2D eigenvalue weighted by Gasteiger charge is 2.60. The molecular weight excluding hydrogens is 625 g/mol. The van der Waals surface area contributed by atoms with Gasteiger partial charge in [-0.2, -0.15) is 17.5 Å². The van der Waals surface area contributed by atoms with Gasteiger partial charge in [0.05, 0.1) is 27.6 Å². The van der Waals surface area contributed by atoms with Gasteiger partial charge in [0.1, 0.15) is 17.4 Å². The molecule has 1 saturated carbocycles. The van der Waals surface area contributed by atoms with E-state index in [0.717, 1.165) is 24.3 Å². The average molecular weight is 660 g/mol. The average Bonchev–Trinajstić information content (AvgIpc) is 2.99. The maximum absolute atomic E-state index is 15.6. The third kappa shape index (κ3) is 5.71. The molecule has 5 atom stereocenters. The largest absolute Gasteiger partial charge is 0.497 e. The molecule has 5 rings (SSSR count). The standard InChI is InChI=1S/C31H34F5NO5S2/c1-3-25-16-21-18-30(27-17-23(32)8-13-28(27)33,43(38,39)26-11-6-22(7-12-26)31(34,35)36)15-14-29(21)37(44(25,40)41)19-20-4-9-24(42-2)10-5-20/h4-13,21,25,27,29H,3,14-19H2,1-2H3/t21-,25+,27?,29+,30-/m1/s1. The molecule has 3 aliphatic rings. The Labute approximate surface area is 254 Å². The Kier molecular flexibility index (Phi) is 8.80. The highest BCUT2D eigenvalue weighted by molar-refractivity contribution is 7.93. The molecule has 2 aromatic carbocycles. The Bertz CT molecular complexity index is 1650. The van der Waals surface area contributed by atoms with Crippen molar-refractivity contribution in [2.24, 2.45) is 11.8 Å². The topological polar surface area (TPSA) is 80.8 Å². The number of fused-ring (bicyclic) bond motifs is 1. The first kappa shape index (κ1) is 32.6. The van der Waals surface area contributed by atoms with Gasteiger partial charge in [-0.25, -0.2) is 25.6 Å². The normalized spacial score (nSPS) is 29.3. The van der Waals surface area contributed by atoms with Crippen LogP contribution < -0.4 is 4.74 Å². The highest BCUT2D eigenvalue weighted by Crippen LogP contribution is 2.55. The van der Waals surface area contributed by atoms with Crippen molar-refractivity contribution in [3.8, 4) is 5.75 Å². The monoisotopic (exact) mass is 659 g/mol. The second-order valence-corrected chi connectivity index (χ2v) is 16.2. The lowest BCUT2D eigenvalue weighted by atomic mass is 9.68. The molecule has 0 spiro atoms. The first-order valence-electron chi connectivity index (χ1n) is 14.4. The van der Waals surface area contributed by atoms with E-state index >= 15 is 4.39 Å². The third-order valence-corrected chi connectivity index (χ3v) is 14.5. The number of benzene rings is 2. The minimum Gasteiger partial charge on any atom is -0.497 e. The minimum atomic E-state index is -4.69. The lowest BCUT2D eigenvalue weighted by Crippen LogP contribution is -2.60. The van der Waals surface area contributed by atoms with Crippen LogP contribution in [0, 0.1) is 11.8 Å². The molecule has 6 nitrogen and oxygen atoms in total. The molecule has 1 aliphatic heterocycles. The van der Waals surface area contributed by atoms with E-state index in [-0.39, 0.29) is 38.6 Å². The molecule has 2 aliphatic carbocycles. The third-order valence-electron chi connectivity index (χ3n) is 9.47. The second-order valence-electron chi connectivity index (χ2n) is 11.8. The fourth-order valence-electron chi connectivity index (χ4n) is 7.15. The number of ether oxygens (including phenoxy) is 1. The number of sulfonamides is 1. The number of halogens is 5. The number of hydrogen-bond donors (Lipinski definition) is 0. The van der Waals surface area contributed by atoms with Crippen LogP contribution in [-0.2, 0) is 32.6 Å². The zero-order valence-corrected chi connectivity index (χ0v) is 25.9. The molecule has 2 aromatic rings. The van der Waals surface area contributed by atoms with E-state index in [4.69, 9.17) is 4.74 Å². The van der Waals surface area contributed by atoms with E-state index in [0.29, 0.717) is 23.4 Å². The van der Waals surface area contributed by atoms with E-state index in [2.05, 4.69) is 0 Å². The van der Waals surface area contributed by atoms with Crippen molar-refractivity contribution in [3.63, 3.8) is 0 Å². The van der Waals surface area contributed by atoms with E-state index < -0.39 is 82.4 Å². The smallest absolute Gasteiger partial charge is 0.416 e. The molecular formula is C31H34F5NO5S2. The predicted octanol–water partition coefficient (Wildman–Crippen LogP) is 7.14. The van der Waals surface area contributed by atoms with Crippen molar-refractivity contribution in [3.05, 3.63) is 83.5 Å². The molecule has 0 amide bonds. The van der Waals surface area contributed by atoms with Crippen LogP contribution in [0.3, 0.4) is 0 Å². The molecule has 1 unspecified atom stereocenters. The summed E-state index contributed by atoms with van der Waals surface area (Å²) in [6.07, 6.45) is -3.33. The van der Waals surface area contributed by atoms with E-state index in [9.17, 15) is 34.4 Å². The van der Waals surface area contributed by atoms with Gasteiger partial charge in [0.25, 0.3) is 0 Å². The zero-order chi connectivity index (χ0) is 32.1. The number of allylic oxidation sites excluding steroid dienone is 4. The molecule has 44 heavy (non-hydrogen) atoms. The molecule has 0 bridgehead atoms. The molecule has 0 aromatic heterocycles. The predicted molar refractivity (Wildman–Crippen MR) is 155 cm³/mol. The van der Waals surface area contributed by atoms with E-state index in [1.54, 1.807) is 31.2 Å². The van der Waals surface area contributed by atoms with Gasteiger partial charge in [0.15, 0.2) is 9.84 Å². The van der Waals surface area contributed by atoms with Crippen molar-refractivity contribution >= 4 is 19.9 Å². The Balaban J connectivity index is 1.57. The summed E-state index contributed by atoms with van der Waals surface area (Å²) in [6.45, 7) is 1.77. The molecule has 1 saturated heterocycles.